The van der Waals surface area contributed by atoms with E-state index in [0.29, 0.717) is 22.5 Å². The highest BCUT2D eigenvalue weighted by Gasteiger charge is 2.18. The van der Waals surface area contributed by atoms with Gasteiger partial charge >= 0.3 is 5.69 Å². The van der Waals surface area contributed by atoms with Crippen LogP contribution in [0.4, 0.5) is 0 Å². The maximum absolute atomic E-state index is 13.3. The fraction of sp³-hybridized carbons (Fsp3) is 0.128. The molecule has 0 saturated heterocycles. The number of para-hydroxylation sites is 2. The quantitative estimate of drug-likeness (QED) is 0.123. The molecule has 59 heavy (non-hydrogen) atoms. The van der Waals surface area contributed by atoms with E-state index in [2.05, 4.69) is 95.4 Å². The number of halogens is 1. The van der Waals surface area contributed by atoms with Crippen LogP contribution in [0.25, 0.3) is 39.0 Å². The van der Waals surface area contributed by atoms with Crippen LogP contribution in [0.1, 0.15) is 69.2 Å². The van der Waals surface area contributed by atoms with Crippen LogP contribution in [0, 0.1) is 17.4 Å². The predicted octanol–water partition coefficient (Wildman–Crippen LogP) is 9.12. The molecular weight excluding hydrogens is 851 g/mol. The van der Waals surface area contributed by atoms with Crippen LogP contribution in [-0.2, 0) is 0 Å². The number of hydrogen-bond acceptors (Lipinski definition) is 7. The van der Waals surface area contributed by atoms with E-state index in [4.69, 9.17) is 0 Å². The molecule has 5 aromatic carbocycles. The standard InChI is InChI=1S/C27H23N5O2.C20H18IN3O/c1-17-7-9-19(10-8-17)20-13-21(26(33)30-18(2)24-16-28-11-12-29-24)15-22(14-20)32-25-6-4-3-5-23(25)31-27(32)34;1-13-3-5-15(6-4-13)16-9-17(11-18(21)10-16)20(25)24-14(2)19-12-22-7-8-23-19/h3-16,18H,1-2H3,(H,30,33)(H,31,34);3-12,14H,1-2H3,(H,24,25)/t;14-/m.0/s1. The number of aromatic nitrogens is 6. The van der Waals surface area contributed by atoms with Crippen molar-refractivity contribution in [3.8, 4) is 27.9 Å². The Kier molecular flexibility index (Phi) is 12.5. The van der Waals surface area contributed by atoms with E-state index >= 15 is 0 Å². The van der Waals surface area contributed by atoms with Crippen LogP contribution in [0.2, 0.25) is 0 Å². The number of aryl methyl sites for hydroxylation is 2. The van der Waals surface area contributed by atoms with Crippen molar-refractivity contribution in [1.82, 2.24) is 40.1 Å². The zero-order valence-corrected chi connectivity index (χ0v) is 35.0. The summed E-state index contributed by atoms with van der Waals surface area (Å²) in [6, 6.07) is 34.7. The molecule has 2 amide bonds. The minimum absolute atomic E-state index is 0.120. The third-order valence-electron chi connectivity index (χ3n) is 9.71. The summed E-state index contributed by atoms with van der Waals surface area (Å²) in [5.41, 5.74) is 10.6. The first kappa shape index (κ1) is 40.4. The van der Waals surface area contributed by atoms with Gasteiger partial charge in [-0.3, -0.25) is 34.1 Å². The molecule has 1 unspecified atom stereocenters. The second kappa shape index (κ2) is 18.2. The Hall–Kier alpha value is -6.80. The fourth-order valence-corrected chi connectivity index (χ4v) is 7.18. The number of rotatable bonds is 9. The summed E-state index contributed by atoms with van der Waals surface area (Å²) in [5.74, 6) is -0.383. The highest BCUT2D eigenvalue weighted by molar-refractivity contribution is 14.1. The van der Waals surface area contributed by atoms with Gasteiger partial charge in [-0.25, -0.2) is 4.79 Å². The van der Waals surface area contributed by atoms with E-state index in [0.717, 1.165) is 48.1 Å². The summed E-state index contributed by atoms with van der Waals surface area (Å²) in [7, 11) is 0. The van der Waals surface area contributed by atoms with Crippen molar-refractivity contribution in [3.63, 3.8) is 0 Å². The second-order valence-electron chi connectivity index (χ2n) is 14.2. The minimum atomic E-state index is -0.330. The average molecular weight is 893 g/mol. The zero-order chi connectivity index (χ0) is 41.5. The third-order valence-corrected chi connectivity index (χ3v) is 10.3. The molecule has 294 valence electrons. The van der Waals surface area contributed by atoms with Gasteiger partial charge in [-0.2, -0.15) is 0 Å². The maximum Gasteiger partial charge on any atom is 0.331 e. The summed E-state index contributed by atoms with van der Waals surface area (Å²) >= 11 is 2.24. The van der Waals surface area contributed by atoms with Crippen molar-refractivity contribution in [1.29, 1.82) is 0 Å². The van der Waals surface area contributed by atoms with Crippen LogP contribution < -0.4 is 16.3 Å². The fourth-order valence-electron chi connectivity index (χ4n) is 6.50. The number of carbonyl (C=O) groups is 2. The topological polar surface area (TPSA) is 148 Å². The molecule has 11 nitrogen and oxygen atoms in total. The van der Waals surface area contributed by atoms with E-state index in [1.54, 1.807) is 47.8 Å². The molecule has 8 aromatic rings. The summed E-state index contributed by atoms with van der Waals surface area (Å²) in [4.78, 5) is 58.3. The Morgan fingerprint density at radius 2 is 1.14 bits per heavy atom. The van der Waals surface area contributed by atoms with Gasteiger partial charge in [0.1, 0.15) is 0 Å². The van der Waals surface area contributed by atoms with E-state index in [1.807, 2.05) is 93.6 Å². The van der Waals surface area contributed by atoms with Crippen molar-refractivity contribution in [2.75, 3.05) is 0 Å². The number of H-pyrrole nitrogens is 1. The average Bonchev–Trinajstić information content (AvgIpc) is 3.60. The van der Waals surface area contributed by atoms with Crippen molar-refractivity contribution < 1.29 is 9.59 Å². The SMILES string of the molecule is Cc1ccc(-c2cc(C(=O)NC(C)c3cnccn3)cc(-n3c(=O)[nH]c4ccccc43)c2)cc1.Cc1ccc(-c2cc(I)cc(C(=O)N[C@@H](C)c3cnccn3)c2)cc1. The largest absolute Gasteiger partial charge is 0.344 e. The molecule has 8 rings (SSSR count). The first-order valence-electron chi connectivity index (χ1n) is 19.0. The number of imidazole rings is 1. The Morgan fingerprint density at radius 3 is 1.66 bits per heavy atom. The molecule has 0 spiro atoms. The first-order valence-corrected chi connectivity index (χ1v) is 20.0. The summed E-state index contributed by atoms with van der Waals surface area (Å²) < 4.78 is 2.61. The zero-order valence-electron chi connectivity index (χ0n) is 32.8. The molecule has 12 heteroatoms. The highest BCUT2D eigenvalue weighted by Crippen LogP contribution is 2.27. The molecule has 3 heterocycles. The number of fused-ring (bicyclic) bond motifs is 1. The van der Waals surface area contributed by atoms with Gasteiger partial charge in [0.2, 0.25) is 0 Å². The number of nitrogens with one attached hydrogen (secondary N) is 3. The molecule has 3 N–H and O–H groups in total. The summed E-state index contributed by atoms with van der Waals surface area (Å²) in [6.45, 7) is 7.84. The number of carbonyl (C=O) groups excluding carboxylic acids is 2. The van der Waals surface area contributed by atoms with Gasteiger partial charge in [0.25, 0.3) is 11.8 Å². The predicted molar refractivity (Wildman–Crippen MR) is 239 cm³/mol. The lowest BCUT2D eigenvalue weighted by Gasteiger charge is -2.15. The van der Waals surface area contributed by atoms with E-state index in [-0.39, 0.29) is 29.6 Å². The molecule has 0 bridgehead atoms. The van der Waals surface area contributed by atoms with Crippen molar-refractivity contribution in [3.05, 3.63) is 194 Å². The monoisotopic (exact) mass is 892 g/mol. The van der Waals surface area contributed by atoms with Crippen molar-refractivity contribution in [2.24, 2.45) is 0 Å². The summed E-state index contributed by atoms with van der Waals surface area (Å²) in [6.07, 6.45) is 9.72. The molecular formula is C47H41IN8O3. The molecule has 0 aliphatic carbocycles. The Bertz CT molecular complexity index is 2790. The van der Waals surface area contributed by atoms with Gasteiger partial charge in [-0.1, -0.05) is 71.8 Å². The van der Waals surface area contributed by atoms with Crippen molar-refractivity contribution >= 4 is 45.4 Å². The van der Waals surface area contributed by atoms with Crippen LogP contribution in [0.15, 0.2) is 151 Å². The molecule has 3 aromatic heterocycles. The molecule has 2 atom stereocenters. The third kappa shape index (κ3) is 9.84. The Balaban J connectivity index is 0.000000188. The van der Waals surface area contributed by atoms with Gasteiger partial charge in [0.15, 0.2) is 0 Å². The summed E-state index contributed by atoms with van der Waals surface area (Å²) in [5, 5.41) is 5.97. The molecule has 0 fully saturated rings. The van der Waals surface area contributed by atoms with Gasteiger partial charge in [-0.15, -0.1) is 0 Å². The number of amides is 2. The highest BCUT2D eigenvalue weighted by atomic mass is 127. The lowest BCUT2D eigenvalue weighted by Crippen LogP contribution is -2.27. The number of benzene rings is 5. The second-order valence-corrected chi connectivity index (χ2v) is 15.4. The van der Waals surface area contributed by atoms with Gasteiger partial charge in [0.05, 0.1) is 52.6 Å². The number of aromatic amines is 1. The number of hydrogen-bond donors (Lipinski definition) is 3. The molecule has 0 aliphatic heterocycles. The maximum atomic E-state index is 13.3. The van der Waals surface area contributed by atoms with Crippen LogP contribution in [-0.4, -0.2) is 41.3 Å². The minimum Gasteiger partial charge on any atom is -0.344 e. The van der Waals surface area contributed by atoms with Gasteiger partial charge in [-0.05, 0) is 121 Å². The van der Waals surface area contributed by atoms with E-state index < -0.39 is 0 Å². The van der Waals surface area contributed by atoms with Crippen LogP contribution in [0.5, 0.6) is 0 Å². The van der Waals surface area contributed by atoms with E-state index in [1.165, 1.54) is 5.56 Å². The number of nitrogens with zero attached hydrogens (tertiary/aromatic N) is 5. The van der Waals surface area contributed by atoms with Crippen LogP contribution >= 0.6 is 22.6 Å². The van der Waals surface area contributed by atoms with Crippen LogP contribution in [0.3, 0.4) is 0 Å². The molecule has 0 radical (unpaired) electrons. The lowest BCUT2D eigenvalue weighted by atomic mass is 10.00. The van der Waals surface area contributed by atoms with Gasteiger partial charge in [0, 0.05) is 39.5 Å². The smallest absolute Gasteiger partial charge is 0.331 e. The Morgan fingerprint density at radius 1 is 0.627 bits per heavy atom. The first-order chi connectivity index (χ1) is 28.5. The lowest BCUT2D eigenvalue weighted by molar-refractivity contribution is 0.0930. The molecule has 0 aliphatic rings. The normalized spacial score (nSPS) is 11.9. The van der Waals surface area contributed by atoms with Crippen molar-refractivity contribution in [2.45, 2.75) is 39.8 Å². The molecule has 0 saturated carbocycles. The van der Waals surface area contributed by atoms with E-state index in [9.17, 15) is 14.4 Å². The Labute approximate surface area is 355 Å². The van der Waals surface area contributed by atoms with Gasteiger partial charge < -0.3 is 15.6 Å².